The maximum absolute atomic E-state index is 13.9. The monoisotopic (exact) mass is 315 g/mol. The van der Waals surface area contributed by atoms with Gasteiger partial charge in [0.05, 0.1) is 11.5 Å². The van der Waals surface area contributed by atoms with Crippen molar-refractivity contribution in [1.29, 1.82) is 0 Å². The van der Waals surface area contributed by atoms with Crippen LogP contribution in [0.25, 0.3) is 0 Å². The van der Waals surface area contributed by atoms with E-state index in [1.54, 1.807) is 0 Å². The van der Waals surface area contributed by atoms with E-state index in [0.717, 1.165) is 12.8 Å². The van der Waals surface area contributed by atoms with Crippen molar-refractivity contribution in [3.63, 3.8) is 0 Å². The number of rotatable bonds is 6. The summed E-state index contributed by atoms with van der Waals surface area (Å²) < 4.78 is 41.1. The molecule has 0 heterocycles. The molecule has 0 saturated heterocycles. The normalized spacial score (nSPS) is 16.0. The third kappa shape index (κ3) is 3.44. The minimum absolute atomic E-state index is 0.0408. The number of hydrogen-bond donors (Lipinski definition) is 1. The predicted molar refractivity (Wildman–Crippen MR) is 78.8 cm³/mol. The molecule has 0 aromatic heterocycles. The highest BCUT2D eigenvalue weighted by atomic mass is 32.2. The number of nitrogens with zero attached hydrogens (tertiary/aromatic N) is 1. The van der Waals surface area contributed by atoms with Gasteiger partial charge in [-0.25, -0.2) is 12.8 Å². The zero-order valence-electron chi connectivity index (χ0n) is 12.6. The second kappa shape index (κ2) is 6.02. The molecule has 6 heteroatoms. The van der Waals surface area contributed by atoms with Crippen molar-refractivity contribution < 1.29 is 17.9 Å². The van der Waals surface area contributed by atoms with Crippen LogP contribution in [0.4, 0.5) is 4.39 Å². The van der Waals surface area contributed by atoms with Gasteiger partial charge in [0.25, 0.3) is 0 Å². The zero-order valence-corrected chi connectivity index (χ0v) is 13.5. The van der Waals surface area contributed by atoms with E-state index in [1.807, 2.05) is 13.8 Å². The van der Waals surface area contributed by atoms with E-state index < -0.39 is 15.8 Å². The highest BCUT2D eigenvalue weighted by Crippen LogP contribution is 2.33. The van der Waals surface area contributed by atoms with Crippen LogP contribution in [-0.2, 0) is 16.6 Å². The Kier molecular flexibility index (Phi) is 4.70. The molecule has 0 amide bonds. The Hall–Kier alpha value is -0.980. The number of halogens is 1. The molecule has 1 N–H and O–H groups in total. The first-order valence-electron chi connectivity index (χ1n) is 7.19. The predicted octanol–water partition coefficient (Wildman–Crippen LogP) is 2.44. The number of aliphatic hydroxyl groups excluding tert-OH is 1. The Labute approximate surface area is 125 Å². The molecule has 0 atom stereocenters. The van der Waals surface area contributed by atoms with E-state index in [4.69, 9.17) is 0 Å². The van der Waals surface area contributed by atoms with Gasteiger partial charge in [0.2, 0.25) is 10.0 Å². The van der Waals surface area contributed by atoms with Gasteiger partial charge in [-0.05, 0) is 57.2 Å². The smallest absolute Gasteiger partial charge is 0.243 e. The number of aliphatic hydroxyl groups is 1. The molecule has 118 valence electrons. The topological polar surface area (TPSA) is 57.6 Å². The number of sulfonamides is 1. The third-order valence-corrected chi connectivity index (χ3v) is 6.00. The highest BCUT2D eigenvalue weighted by Gasteiger charge is 2.34. The molecule has 1 saturated carbocycles. The Bertz CT molecular complexity index is 624. The second-order valence-electron chi connectivity index (χ2n) is 5.97. The summed E-state index contributed by atoms with van der Waals surface area (Å²) >= 11 is 0. The van der Waals surface area contributed by atoms with Crippen LogP contribution in [0.2, 0.25) is 0 Å². The van der Waals surface area contributed by atoms with Gasteiger partial charge in [-0.15, -0.1) is 0 Å². The lowest BCUT2D eigenvalue weighted by Gasteiger charge is -2.27. The quantitative estimate of drug-likeness (QED) is 0.877. The van der Waals surface area contributed by atoms with Crippen LogP contribution in [0.1, 0.15) is 37.8 Å². The van der Waals surface area contributed by atoms with Crippen molar-refractivity contribution in [1.82, 2.24) is 4.31 Å². The maximum Gasteiger partial charge on any atom is 0.243 e. The van der Waals surface area contributed by atoms with Crippen LogP contribution in [-0.4, -0.2) is 30.4 Å². The van der Waals surface area contributed by atoms with Crippen LogP contribution in [0.5, 0.6) is 0 Å². The average molecular weight is 315 g/mol. The van der Waals surface area contributed by atoms with Gasteiger partial charge >= 0.3 is 0 Å². The largest absolute Gasteiger partial charge is 0.392 e. The van der Waals surface area contributed by atoms with Crippen molar-refractivity contribution in [2.75, 3.05) is 6.54 Å². The van der Waals surface area contributed by atoms with Crippen molar-refractivity contribution in [2.45, 2.75) is 51.2 Å². The van der Waals surface area contributed by atoms with E-state index in [-0.39, 0.29) is 28.7 Å². The Morgan fingerprint density at radius 1 is 1.38 bits per heavy atom. The molecular formula is C15H22FNO3S. The summed E-state index contributed by atoms with van der Waals surface area (Å²) in [5, 5.41) is 9.17. The second-order valence-corrected chi connectivity index (χ2v) is 7.83. The van der Waals surface area contributed by atoms with Crippen molar-refractivity contribution >= 4 is 10.0 Å². The van der Waals surface area contributed by atoms with E-state index in [2.05, 4.69) is 0 Å². The molecule has 21 heavy (non-hydrogen) atoms. The number of hydrogen-bond acceptors (Lipinski definition) is 3. The van der Waals surface area contributed by atoms with E-state index >= 15 is 0 Å². The molecule has 1 aliphatic rings. The molecule has 1 aliphatic carbocycles. The van der Waals surface area contributed by atoms with Crippen molar-refractivity contribution in [2.24, 2.45) is 5.92 Å². The maximum atomic E-state index is 13.9. The van der Waals surface area contributed by atoms with Crippen LogP contribution in [0, 0.1) is 18.7 Å². The summed E-state index contributed by atoms with van der Waals surface area (Å²) in [5.41, 5.74) is 0.375. The van der Waals surface area contributed by atoms with Crippen LogP contribution >= 0.6 is 0 Å². The van der Waals surface area contributed by atoms with Gasteiger partial charge in [-0.2, -0.15) is 4.31 Å². The summed E-state index contributed by atoms with van der Waals surface area (Å²) in [7, 11) is -3.76. The molecule has 0 bridgehead atoms. The Morgan fingerprint density at radius 3 is 2.48 bits per heavy atom. The molecule has 0 unspecified atom stereocenters. The summed E-state index contributed by atoms with van der Waals surface area (Å²) in [6.45, 7) is 5.19. The van der Waals surface area contributed by atoms with Crippen LogP contribution in [0.3, 0.4) is 0 Å². The van der Waals surface area contributed by atoms with Crippen LogP contribution < -0.4 is 0 Å². The van der Waals surface area contributed by atoms with Gasteiger partial charge in [-0.1, -0.05) is 0 Å². The molecule has 4 nitrogen and oxygen atoms in total. The SMILES string of the molecule is Cc1c(F)cc(CO)cc1S(=O)(=O)N(CC1CC1)C(C)C. The van der Waals surface area contributed by atoms with Gasteiger partial charge < -0.3 is 5.11 Å². The van der Waals surface area contributed by atoms with E-state index in [1.165, 1.54) is 23.4 Å². The van der Waals surface area contributed by atoms with Crippen molar-refractivity contribution in [3.05, 3.63) is 29.1 Å². The third-order valence-electron chi connectivity index (χ3n) is 3.84. The Balaban J connectivity index is 2.48. The zero-order chi connectivity index (χ0) is 15.8. The molecule has 0 spiro atoms. The molecule has 1 fully saturated rings. The average Bonchev–Trinajstić information content (AvgIpc) is 3.22. The minimum atomic E-state index is -3.76. The summed E-state index contributed by atoms with van der Waals surface area (Å²) in [5.74, 6) is -0.191. The van der Waals surface area contributed by atoms with Crippen molar-refractivity contribution in [3.8, 4) is 0 Å². The standard InChI is InChI=1S/C15H22FNO3S/c1-10(2)17(8-12-4-5-12)21(19,20)15-7-13(9-18)6-14(16)11(15)3/h6-7,10,12,18H,4-5,8-9H2,1-3H3. The Morgan fingerprint density at radius 2 is 2.00 bits per heavy atom. The fourth-order valence-electron chi connectivity index (χ4n) is 2.33. The lowest BCUT2D eigenvalue weighted by molar-refractivity contribution is 0.280. The van der Waals surface area contributed by atoms with Gasteiger partial charge in [-0.3, -0.25) is 0 Å². The van der Waals surface area contributed by atoms with Gasteiger partial charge in [0.1, 0.15) is 5.82 Å². The first kappa shape index (κ1) is 16.4. The van der Waals surface area contributed by atoms with Gasteiger partial charge in [0, 0.05) is 18.2 Å². The molecular weight excluding hydrogens is 293 g/mol. The molecule has 2 rings (SSSR count). The van der Waals surface area contributed by atoms with Gasteiger partial charge in [0.15, 0.2) is 0 Å². The number of benzene rings is 1. The first-order valence-corrected chi connectivity index (χ1v) is 8.63. The lowest BCUT2D eigenvalue weighted by Crippen LogP contribution is -2.38. The minimum Gasteiger partial charge on any atom is -0.392 e. The molecule has 1 aromatic carbocycles. The molecule has 0 radical (unpaired) electrons. The fraction of sp³-hybridized carbons (Fsp3) is 0.600. The summed E-state index contributed by atoms with van der Waals surface area (Å²) in [6.07, 6.45) is 2.09. The van der Waals surface area contributed by atoms with Crippen LogP contribution in [0.15, 0.2) is 17.0 Å². The first-order chi connectivity index (χ1) is 9.77. The summed E-state index contributed by atoms with van der Waals surface area (Å²) in [4.78, 5) is -0.0408. The highest BCUT2D eigenvalue weighted by molar-refractivity contribution is 7.89. The summed E-state index contributed by atoms with van der Waals surface area (Å²) in [6, 6.07) is 2.36. The lowest BCUT2D eigenvalue weighted by atomic mass is 10.1. The molecule has 1 aromatic rings. The van der Waals surface area contributed by atoms with E-state index in [9.17, 15) is 17.9 Å². The fourth-order valence-corrected chi connectivity index (χ4v) is 4.33. The van der Waals surface area contributed by atoms with E-state index in [0.29, 0.717) is 12.5 Å². The molecule has 0 aliphatic heterocycles.